The van der Waals surface area contributed by atoms with Crippen molar-refractivity contribution in [1.82, 2.24) is 9.88 Å². The number of carbonyl (C=O) groups is 1. The summed E-state index contributed by atoms with van der Waals surface area (Å²) in [6.07, 6.45) is 1.79. The van der Waals surface area contributed by atoms with Gasteiger partial charge in [0.1, 0.15) is 0 Å². The molecule has 1 amide bonds. The van der Waals surface area contributed by atoms with Crippen molar-refractivity contribution in [3.8, 4) is 0 Å². The third kappa shape index (κ3) is 2.27. The molecule has 1 fully saturated rings. The van der Waals surface area contributed by atoms with Gasteiger partial charge in [-0.15, -0.1) is 0 Å². The summed E-state index contributed by atoms with van der Waals surface area (Å²) in [5, 5.41) is 1.10. The first-order valence-corrected chi connectivity index (χ1v) is 6.75. The van der Waals surface area contributed by atoms with E-state index < -0.39 is 0 Å². The highest BCUT2D eigenvalue weighted by Gasteiger charge is 2.42. The second-order valence-electron chi connectivity index (χ2n) is 5.75. The van der Waals surface area contributed by atoms with Crippen LogP contribution in [0.3, 0.4) is 0 Å². The maximum Gasteiger partial charge on any atom is 0.233 e. The van der Waals surface area contributed by atoms with E-state index in [4.69, 9.17) is 4.74 Å². The van der Waals surface area contributed by atoms with Crippen molar-refractivity contribution >= 4 is 16.8 Å². The number of fused-ring (bicyclic) bond motifs is 1. The minimum Gasteiger partial charge on any atom is -0.379 e. The third-order valence-electron chi connectivity index (χ3n) is 3.79. The highest BCUT2D eigenvalue weighted by atomic mass is 16.5. The summed E-state index contributed by atoms with van der Waals surface area (Å²) < 4.78 is 5.16. The second-order valence-corrected chi connectivity index (χ2v) is 5.75. The molecule has 104 valence electrons. The smallest absolute Gasteiger partial charge is 0.233 e. The minimum atomic E-state index is -0.340. The highest BCUT2D eigenvalue weighted by molar-refractivity contribution is 5.83. The quantitative estimate of drug-likeness (QED) is 0.859. The average Bonchev–Trinajstić information content (AvgIpc) is 2.43. The summed E-state index contributed by atoms with van der Waals surface area (Å²) in [6.45, 7) is 3.62. The number of nitrogens with zero attached hydrogens (tertiary/aromatic N) is 2. The van der Waals surface area contributed by atoms with Gasteiger partial charge in [-0.05, 0) is 30.7 Å². The fourth-order valence-corrected chi connectivity index (χ4v) is 2.56. The van der Waals surface area contributed by atoms with E-state index in [-0.39, 0.29) is 11.3 Å². The van der Waals surface area contributed by atoms with Crippen LogP contribution < -0.4 is 0 Å². The normalized spacial score (nSPS) is 16.7. The van der Waals surface area contributed by atoms with Gasteiger partial charge in [0, 0.05) is 25.2 Å². The van der Waals surface area contributed by atoms with Crippen molar-refractivity contribution < 1.29 is 9.53 Å². The first-order valence-electron chi connectivity index (χ1n) is 6.75. The Morgan fingerprint density at radius 3 is 2.90 bits per heavy atom. The van der Waals surface area contributed by atoms with E-state index in [1.807, 2.05) is 38.2 Å². The summed E-state index contributed by atoms with van der Waals surface area (Å²) in [5.41, 5.74) is 1.75. The van der Waals surface area contributed by atoms with Gasteiger partial charge >= 0.3 is 0 Å². The summed E-state index contributed by atoms with van der Waals surface area (Å²) in [5.74, 6) is 0.148. The number of amides is 1. The predicted molar refractivity (Wildman–Crippen MR) is 77.1 cm³/mol. The fraction of sp³-hybridized carbons (Fsp3) is 0.375. The van der Waals surface area contributed by atoms with E-state index in [1.54, 1.807) is 11.1 Å². The van der Waals surface area contributed by atoms with Crippen LogP contribution in [-0.4, -0.2) is 36.1 Å². The molecular formula is C16H18N2O2. The predicted octanol–water partition coefficient (Wildman–Crippen LogP) is 2.23. The molecule has 0 bridgehead atoms. The van der Waals surface area contributed by atoms with Crippen LogP contribution >= 0.6 is 0 Å². The summed E-state index contributed by atoms with van der Waals surface area (Å²) in [6, 6.07) is 10.1. The van der Waals surface area contributed by atoms with Gasteiger partial charge in [0.05, 0.1) is 24.1 Å². The molecule has 1 aliphatic heterocycles. The van der Waals surface area contributed by atoms with Crippen LogP contribution in [-0.2, 0) is 16.1 Å². The van der Waals surface area contributed by atoms with Crippen LogP contribution in [0, 0.1) is 5.41 Å². The van der Waals surface area contributed by atoms with Crippen molar-refractivity contribution in [3.63, 3.8) is 0 Å². The minimum absolute atomic E-state index is 0.148. The Bertz CT molecular complexity index is 650. The largest absolute Gasteiger partial charge is 0.379 e. The number of carbonyl (C=O) groups excluding carboxylic acids is 1. The standard InChI is InChI=1S/C16H18N2O2/c1-16(10-20-11-16)15(19)18(2)9-12-5-6-14-13(8-12)4-3-7-17-14/h3-8H,9-11H2,1-2H3. The Morgan fingerprint density at radius 2 is 2.20 bits per heavy atom. The van der Waals surface area contributed by atoms with Crippen LogP contribution in [0.15, 0.2) is 36.5 Å². The first kappa shape index (κ1) is 13.1. The van der Waals surface area contributed by atoms with E-state index in [0.29, 0.717) is 19.8 Å². The van der Waals surface area contributed by atoms with Crippen molar-refractivity contribution in [1.29, 1.82) is 0 Å². The molecule has 0 spiro atoms. The molecule has 4 nitrogen and oxygen atoms in total. The lowest BCUT2D eigenvalue weighted by Crippen LogP contribution is -2.52. The van der Waals surface area contributed by atoms with Gasteiger partial charge in [0.15, 0.2) is 0 Å². The third-order valence-corrected chi connectivity index (χ3v) is 3.79. The number of hydrogen-bond acceptors (Lipinski definition) is 3. The number of ether oxygens (including phenoxy) is 1. The molecule has 2 heterocycles. The highest BCUT2D eigenvalue weighted by Crippen LogP contribution is 2.29. The fourth-order valence-electron chi connectivity index (χ4n) is 2.56. The maximum absolute atomic E-state index is 12.3. The Labute approximate surface area is 118 Å². The lowest BCUT2D eigenvalue weighted by molar-refractivity contribution is -0.167. The molecule has 1 aromatic heterocycles. The molecule has 1 aromatic carbocycles. The van der Waals surface area contributed by atoms with Gasteiger partial charge in [0.2, 0.25) is 5.91 Å². The Hall–Kier alpha value is -1.94. The summed E-state index contributed by atoms with van der Waals surface area (Å²) >= 11 is 0. The SMILES string of the molecule is CN(Cc1ccc2ncccc2c1)C(=O)C1(C)COC1. The molecule has 0 N–H and O–H groups in total. The van der Waals surface area contributed by atoms with Crippen molar-refractivity contribution in [2.75, 3.05) is 20.3 Å². The van der Waals surface area contributed by atoms with Crippen LogP contribution in [0.1, 0.15) is 12.5 Å². The Kier molecular flexibility index (Phi) is 3.18. The van der Waals surface area contributed by atoms with Gasteiger partial charge in [-0.2, -0.15) is 0 Å². The van der Waals surface area contributed by atoms with Crippen LogP contribution in [0.2, 0.25) is 0 Å². The van der Waals surface area contributed by atoms with E-state index in [9.17, 15) is 4.79 Å². The summed E-state index contributed by atoms with van der Waals surface area (Å²) in [7, 11) is 1.85. The average molecular weight is 270 g/mol. The lowest BCUT2D eigenvalue weighted by Gasteiger charge is -2.39. The molecule has 4 heteroatoms. The maximum atomic E-state index is 12.3. The molecule has 0 atom stereocenters. The molecule has 0 radical (unpaired) electrons. The molecule has 1 aliphatic rings. The number of hydrogen-bond donors (Lipinski definition) is 0. The van der Waals surface area contributed by atoms with Crippen LogP contribution in [0.25, 0.3) is 10.9 Å². The van der Waals surface area contributed by atoms with Gasteiger partial charge in [-0.25, -0.2) is 0 Å². The Balaban J connectivity index is 1.77. The molecule has 3 rings (SSSR count). The topological polar surface area (TPSA) is 42.4 Å². The zero-order chi connectivity index (χ0) is 14.2. The molecule has 2 aromatic rings. The van der Waals surface area contributed by atoms with Crippen molar-refractivity contribution in [2.45, 2.75) is 13.5 Å². The zero-order valence-electron chi connectivity index (χ0n) is 11.8. The van der Waals surface area contributed by atoms with Gasteiger partial charge in [-0.1, -0.05) is 12.1 Å². The van der Waals surface area contributed by atoms with Gasteiger partial charge < -0.3 is 9.64 Å². The molecular weight excluding hydrogens is 252 g/mol. The van der Waals surface area contributed by atoms with E-state index in [2.05, 4.69) is 11.1 Å². The van der Waals surface area contributed by atoms with E-state index in [0.717, 1.165) is 16.5 Å². The number of rotatable bonds is 3. The number of benzene rings is 1. The second kappa shape index (κ2) is 4.87. The van der Waals surface area contributed by atoms with E-state index in [1.165, 1.54) is 0 Å². The summed E-state index contributed by atoms with van der Waals surface area (Å²) in [4.78, 5) is 18.4. The first-order chi connectivity index (χ1) is 9.58. The number of aromatic nitrogens is 1. The molecule has 20 heavy (non-hydrogen) atoms. The van der Waals surface area contributed by atoms with Gasteiger partial charge in [0.25, 0.3) is 0 Å². The lowest BCUT2D eigenvalue weighted by atomic mass is 9.87. The molecule has 0 unspecified atom stereocenters. The monoisotopic (exact) mass is 270 g/mol. The van der Waals surface area contributed by atoms with Gasteiger partial charge in [-0.3, -0.25) is 9.78 Å². The van der Waals surface area contributed by atoms with E-state index >= 15 is 0 Å². The van der Waals surface area contributed by atoms with Crippen molar-refractivity contribution in [3.05, 3.63) is 42.1 Å². The Morgan fingerprint density at radius 1 is 1.40 bits per heavy atom. The zero-order valence-corrected chi connectivity index (χ0v) is 11.8. The molecule has 1 saturated heterocycles. The van der Waals surface area contributed by atoms with Crippen LogP contribution in [0.4, 0.5) is 0 Å². The van der Waals surface area contributed by atoms with Crippen LogP contribution in [0.5, 0.6) is 0 Å². The number of pyridine rings is 1. The molecule has 0 saturated carbocycles. The molecule has 0 aliphatic carbocycles. The van der Waals surface area contributed by atoms with Crippen molar-refractivity contribution in [2.24, 2.45) is 5.41 Å².